The van der Waals surface area contributed by atoms with Crippen LogP contribution in [0.2, 0.25) is 0 Å². The Morgan fingerprint density at radius 3 is 2.76 bits per heavy atom. The molecule has 21 heavy (non-hydrogen) atoms. The Morgan fingerprint density at radius 1 is 1.24 bits per heavy atom. The molecule has 0 aliphatic heterocycles. The first kappa shape index (κ1) is 14.2. The average Bonchev–Trinajstić information content (AvgIpc) is 2.84. The van der Waals surface area contributed by atoms with Crippen LogP contribution in [0.5, 0.6) is 0 Å². The number of halogens is 1. The largest absolute Gasteiger partial charge is 0.311 e. The zero-order valence-corrected chi connectivity index (χ0v) is 13.6. The predicted molar refractivity (Wildman–Crippen MR) is 88.2 cm³/mol. The number of nitrogens with zero attached hydrogens (tertiary/aromatic N) is 3. The number of nitrogens with one attached hydrogen (secondary N) is 1. The van der Waals surface area contributed by atoms with Gasteiger partial charge in [0.2, 0.25) is 0 Å². The molecule has 0 aliphatic rings. The molecule has 5 heteroatoms. The molecule has 0 spiro atoms. The van der Waals surface area contributed by atoms with Crippen LogP contribution >= 0.6 is 15.9 Å². The van der Waals surface area contributed by atoms with E-state index in [0.29, 0.717) is 0 Å². The summed E-state index contributed by atoms with van der Waals surface area (Å²) in [4.78, 5) is 4.46. The SMILES string of the molecule is CNC(Cc1ccc(Br)cn1)c1nn(C)c2ccccc12. The lowest BCUT2D eigenvalue weighted by molar-refractivity contribution is 0.560. The molecule has 3 rings (SSSR count). The Balaban J connectivity index is 1.96. The molecule has 2 aromatic heterocycles. The number of para-hydroxylation sites is 1. The third-order valence-corrected chi connectivity index (χ3v) is 4.14. The van der Waals surface area contributed by atoms with Gasteiger partial charge >= 0.3 is 0 Å². The monoisotopic (exact) mass is 344 g/mol. The van der Waals surface area contributed by atoms with Crippen molar-refractivity contribution in [2.75, 3.05) is 7.05 Å². The molecule has 0 aliphatic carbocycles. The maximum atomic E-state index is 4.69. The quantitative estimate of drug-likeness (QED) is 0.790. The summed E-state index contributed by atoms with van der Waals surface area (Å²) in [6, 6.07) is 12.5. The average molecular weight is 345 g/mol. The van der Waals surface area contributed by atoms with Gasteiger partial charge in [-0.05, 0) is 41.2 Å². The standard InChI is InChI=1S/C16H17BrN4/c1-18-14(9-12-8-7-11(17)10-19-12)16-13-5-3-4-6-15(13)21(2)20-16/h3-8,10,14,18H,9H2,1-2H3. The molecule has 4 nitrogen and oxygen atoms in total. The number of rotatable bonds is 4. The van der Waals surface area contributed by atoms with Crippen molar-refractivity contribution in [2.24, 2.45) is 7.05 Å². The second kappa shape index (κ2) is 5.95. The van der Waals surface area contributed by atoms with E-state index in [-0.39, 0.29) is 6.04 Å². The van der Waals surface area contributed by atoms with E-state index < -0.39 is 0 Å². The molecular formula is C16H17BrN4. The third-order valence-electron chi connectivity index (χ3n) is 3.67. The van der Waals surface area contributed by atoms with Gasteiger partial charge in [0.1, 0.15) is 0 Å². The fraction of sp³-hybridized carbons (Fsp3) is 0.250. The number of aromatic nitrogens is 3. The highest BCUT2D eigenvalue weighted by atomic mass is 79.9. The minimum atomic E-state index is 0.143. The lowest BCUT2D eigenvalue weighted by Crippen LogP contribution is -2.20. The predicted octanol–water partition coefficient (Wildman–Crippen LogP) is 3.23. The number of hydrogen-bond donors (Lipinski definition) is 1. The van der Waals surface area contributed by atoms with Crippen molar-refractivity contribution >= 4 is 26.8 Å². The maximum absolute atomic E-state index is 4.69. The van der Waals surface area contributed by atoms with E-state index in [2.05, 4.69) is 44.4 Å². The molecule has 108 valence electrons. The number of pyridine rings is 1. The van der Waals surface area contributed by atoms with Crippen molar-refractivity contribution in [3.8, 4) is 0 Å². The Bertz CT molecular complexity index is 749. The summed E-state index contributed by atoms with van der Waals surface area (Å²) in [5, 5.41) is 9.24. The van der Waals surface area contributed by atoms with E-state index in [1.54, 1.807) is 0 Å². The van der Waals surface area contributed by atoms with Gasteiger partial charge in [0.25, 0.3) is 0 Å². The van der Waals surface area contributed by atoms with Crippen molar-refractivity contribution in [1.29, 1.82) is 0 Å². The summed E-state index contributed by atoms with van der Waals surface area (Å²) in [6.45, 7) is 0. The molecule has 0 saturated carbocycles. The van der Waals surface area contributed by atoms with Crippen LogP contribution in [0.4, 0.5) is 0 Å². The van der Waals surface area contributed by atoms with E-state index in [9.17, 15) is 0 Å². The summed E-state index contributed by atoms with van der Waals surface area (Å²) >= 11 is 3.42. The van der Waals surface area contributed by atoms with Gasteiger partial charge in [0.15, 0.2) is 0 Å². The van der Waals surface area contributed by atoms with E-state index in [0.717, 1.165) is 27.8 Å². The van der Waals surface area contributed by atoms with Gasteiger partial charge in [-0.2, -0.15) is 5.10 Å². The van der Waals surface area contributed by atoms with Crippen LogP contribution in [0.15, 0.2) is 47.1 Å². The number of benzene rings is 1. The fourth-order valence-corrected chi connectivity index (χ4v) is 2.81. The Labute approximate surface area is 132 Å². The highest BCUT2D eigenvalue weighted by Gasteiger charge is 2.18. The van der Waals surface area contributed by atoms with Crippen LogP contribution in [0.25, 0.3) is 10.9 Å². The molecule has 0 amide bonds. The second-order valence-corrected chi connectivity index (χ2v) is 5.95. The first-order valence-electron chi connectivity index (χ1n) is 6.88. The number of fused-ring (bicyclic) bond motifs is 1. The summed E-state index contributed by atoms with van der Waals surface area (Å²) < 4.78 is 2.93. The van der Waals surface area contributed by atoms with Crippen LogP contribution in [0.3, 0.4) is 0 Å². The number of hydrogen-bond acceptors (Lipinski definition) is 3. The molecule has 0 radical (unpaired) electrons. The van der Waals surface area contributed by atoms with E-state index in [1.165, 1.54) is 5.39 Å². The smallest absolute Gasteiger partial charge is 0.0876 e. The molecular weight excluding hydrogens is 328 g/mol. The summed E-state index contributed by atoms with van der Waals surface area (Å²) in [5.41, 5.74) is 3.27. The van der Waals surface area contributed by atoms with Crippen molar-refractivity contribution in [2.45, 2.75) is 12.5 Å². The van der Waals surface area contributed by atoms with E-state index in [4.69, 9.17) is 5.10 Å². The Hall–Kier alpha value is -1.72. The van der Waals surface area contributed by atoms with Gasteiger partial charge < -0.3 is 5.32 Å². The molecule has 0 bridgehead atoms. The second-order valence-electron chi connectivity index (χ2n) is 5.04. The fourth-order valence-electron chi connectivity index (χ4n) is 2.57. The maximum Gasteiger partial charge on any atom is 0.0876 e. The van der Waals surface area contributed by atoms with Gasteiger partial charge in [0, 0.05) is 35.2 Å². The lowest BCUT2D eigenvalue weighted by atomic mass is 10.0. The summed E-state index contributed by atoms with van der Waals surface area (Å²) in [6.07, 6.45) is 2.64. The number of likely N-dealkylation sites (N-methyl/N-ethyl adjacent to an activating group) is 1. The topological polar surface area (TPSA) is 42.7 Å². The molecule has 1 unspecified atom stereocenters. The highest BCUT2D eigenvalue weighted by molar-refractivity contribution is 9.10. The first-order chi connectivity index (χ1) is 10.2. The van der Waals surface area contributed by atoms with Gasteiger partial charge in [-0.3, -0.25) is 9.67 Å². The van der Waals surface area contributed by atoms with Crippen LogP contribution in [-0.2, 0) is 13.5 Å². The van der Waals surface area contributed by atoms with Crippen LogP contribution in [-0.4, -0.2) is 21.8 Å². The third kappa shape index (κ3) is 2.84. The van der Waals surface area contributed by atoms with Crippen LogP contribution in [0, 0.1) is 0 Å². The highest BCUT2D eigenvalue weighted by Crippen LogP contribution is 2.25. The Morgan fingerprint density at radius 2 is 2.05 bits per heavy atom. The lowest BCUT2D eigenvalue weighted by Gasteiger charge is -2.14. The van der Waals surface area contributed by atoms with Crippen molar-refractivity contribution in [1.82, 2.24) is 20.1 Å². The molecule has 1 N–H and O–H groups in total. The Kier molecular flexibility index (Phi) is 4.03. The molecule has 0 saturated heterocycles. The van der Waals surface area contributed by atoms with Gasteiger partial charge in [-0.25, -0.2) is 0 Å². The zero-order valence-electron chi connectivity index (χ0n) is 12.0. The molecule has 3 aromatic rings. The summed E-state index contributed by atoms with van der Waals surface area (Å²) in [5.74, 6) is 0. The molecule has 0 fully saturated rings. The van der Waals surface area contributed by atoms with Crippen LogP contribution in [0.1, 0.15) is 17.4 Å². The van der Waals surface area contributed by atoms with Crippen molar-refractivity contribution in [3.63, 3.8) is 0 Å². The van der Waals surface area contributed by atoms with E-state index >= 15 is 0 Å². The summed E-state index contributed by atoms with van der Waals surface area (Å²) in [7, 11) is 3.95. The number of aryl methyl sites for hydroxylation is 1. The normalized spacial score (nSPS) is 12.7. The van der Waals surface area contributed by atoms with Crippen molar-refractivity contribution < 1.29 is 0 Å². The first-order valence-corrected chi connectivity index (χ1v) is 7.67. The van der Waals surface area contributed by atoms with E-state index in [1.807, 2.05) is 43.2 Å². The van der Waals surface area contributed by atoms with Gasteiger partial charge in [-0.15, -0.1) is 0 Å². The van der Waals surface area contributed by atoms with Crippen molar-refractivity contribution in [3.05, 3.63) is 58.5 Å². The minimum Gasteiger partial charge on any atom is -0.311 e. The molecule has 2 heterocycles. The molecule has 1 atom stereocenters. The zero-order chi connectivity index (χ0) is 14.8. The van der Waals surface area contributed by atoms with Gasteiger partial charge in [-0.1, -0.05) is 18.2 Å². The molecule has 1 aromatic carbocycles. The minimum absolute atomic E-state index is 0.143. The van der Waals surface area contributed by atoms with Gasteiger partial charge in [0.05, 0.1) is 17.3 Å². The van der Waals surface area contributed by atoms with Crippen LogP contribution < -0.4 is 5.32 Å².